The van der Waals surface area contributed by atoms with E-state index < -0.39 is 0 Å². The van der Waals surface area contributed by atoms with Gasteiger partial charge >= 0.3 is 0 Å². The number of rotatable bonds is 6. The van der Waals surface area contributed by atoms with Crippen LogP contribution < -0.4 is 4.90 Å². The molecule has 2 aromatic rings. The molecule has 310 valence electrons. The van der Waals surface area contributed by atoms with Crippen LogP contribution >= 0.6 is 0 Å². The summed E-state index contributed by atoms with van der Waals surface area (Å²) in [6.07, 6.45) is 54.6. The first-order chi connectivity index (χ1) is 30.0. The predicted molar refractivity (Wildman–Crippen MR) is 255 cm³/mol. The molecule has 1 heterocycles. The quantitative estimate of drug-likeness (QED) is 0.269. The Morgan fingerprint density at radius 1 is 0.689 bits per heavy atom. The molecule has 8 atom stereocenters. The topological polar surface area (TPSA) is 6.48 Å². The Balaban J connectivity index is 0.819. The molecule has 8 unspecified atom stereocenters. The molecule has 0 N–H and O–H groups in total. The standard InChI is InChI=1S/C59H64N2/c1-59(2)55-20-9-7-18-51(55)52-33-32-50(38-56(52)59)60(48-30-26-41(27-31-48)46-23-22-39-12-3-4-13-42(39)34-46)47-28-24-40(25-29-47)43-16-11-17-49(35-43)61-57-21-10-8-19-53(57)54-36-44-14-5-6-15-45(44)37-58(54)61/h3,5-12,14-17,19-25,28,35-36,38,41-42,45,47-48,50-52,54,58H,4,13,18,26-27,29-34,37H2,1-2H3. The highest BCUT2D eigenvalue weighted by Gasteiger charge is 2.50. The molecular weight excluding hydrogens is 737 g/mol. The van der Waals surface area contributed by atoms with Crippen molar-refractivity contribution in [1.29, 1.82) is 0 Å². The lowest BCUT2D eigenvalue weighted by Crippen LogP contribution is -2.51. The third-order valence-corrected chi connectivity index (χ3v) is 17.4. The molecule has 0 amide bonds. The number of allylic oxidation sites excluding steroid dienone is 18. The highest BCUT2D eigenvalue weighted by molar-refractivity contribution is 5.80. The molecule has 2 saturated carbocycles. The van der Waals surface area contributed by atoms with Gasteiger partial charge in [-0.25, -0.2) is 0 Å². The lowest BCUT2D eigenvalue weighted by molar-refractivity contribution is 0.0755. The van der Waals surface area contributed by atoms with E-state index in [1.54, 1.807) is 22.3 Å². The molecule has 2 heteroatoms. The molecule has 0 spiro atoms. The fourth-order valence-electron chi connectivity index (χ4n) is 14.4. The van der Waals surface area contributed by atoms with E-state index in [-0.39, 0.29) is 5.41 Å². The third kappa shape index (κ3) is 6.52. The van der Waals surface area contributed by atoms with Crippen LogP contribution in [-0.2, 0) is 0 Å². The summed E-state index contributed by atoms with van der Waals surface area (Å²) < 4.78 is 0. The van der Waals surface area contributed by atoms with Crippen LogP contribution in [0.4, 0.5) is 11.4 Å². The highest BCUT2D eigenvalue weighted by Crippen LogP contribution is 2.59. The monoisotopic (exact) mass is 801 g/mol. The Bertz CT molecular complexity index is 2440. The maximum absolute atomic E-state index is 3.06. The average molecular weight is 801 g/mol. The van der Waals surface area contributed by atoms with Gasteiger partial charge in [0.25, 0.3) is 0 Å². The fraction of sp³-hybridized carbons (Fsp3) is 0.424. The van der Waals surface area contributed by atoms with Crippen molar-refractivity contribution in [2.24, 2.45) is 35.0 Å². The van der Waals surface area contributed by atoms with Crippen LogP contribution in [0, 0.1) is 35.0 Å². The van der Waals surface area contributed by atoms with Gasteiger partial charge in [0.15, 0.2) is 0 Å². The molecule has 10 aliphatic rings. The maximum atomic E-state index is 3.06. The van der Waals surface area contributed by atoms with Crippen LogP contribution in [-0.4, -0.2) is 29.1 Å². The second-order valence-electron chi connectivity index (χ2n) is 20.8. The zero-order valence-electron chi connectivity index (χ0n) is 36.5. The van der Waals surface area contributed by atoms with E-state index >= 15 is 0 Å². The largest absolute Gasteiger partial charge is 0.337 e. The lowest BCUT2D eigenvalue weighted by Gasteiger charge is -2.47. The van der Waals surface area contributed by atoms with Gasteiger partial charge in [-0.2, -0.15) is 0 Å². The zero-order valence-corrected chi connectivity index (χ0v) is 36.5. The van der Waals surface area contributed by atoms with Gasteiger partial charge < -0.3 is 4.90 Å². The van der Waals surface area contributed by atoms with Gasteiger partial charge in [0.1, 0.15) is 0 Å². The van der Waals surface area contributed by atoms with E-state index in [1.807, 2.05) is 0 Å². The summed E-state index contributed by atoms with van der Waals surface area (Å²) in [6.45, 7) is 5.07. The van der Waals surface area contributed by atoms with Crippen molar-refractivity contribution in [1.82, 2.24) is 4.90 Å². The average Bonchev–Trinajstić information content (AvgIpc) is 3.75. The van der Waals surface area contributed by atoms with E-state index in [2.05, 4.69) is 169 Å². The van der Waals surface area contributed by atoms with Gasteiger partial charge in [0.2, 0.25) is 0 Å². The SMILES string of the molecule is CC1(C)C2=CC=CCC2C2CCC(N(C3C=CC(c4cccc(N5c6ccccc6C6C=C7C=CC=CC7CC65)c4)=CC3)C3CCC(C4=CC=C5C=CCCC5C4)CC3)C=C21. The molecule has 0 bridgehead atoms. The molecule has 0 aromatic heterocycles. The van der Waals surface area contributed by atoms with Gasteiger partial charge in [-0.3, -0.25) is 4.90 Å². The number of hydrogen-bond donors (Lipinski definition) is 0. The summed E-state index contributed by atoms with van der Waals surface area (Å²) in [4.78, 5) is 5.74. The van der Waals surface area contributed by atoms with Crippen molar-refractivity contribution >= 4 is 16.9 Å². The second kappa shape index (κ2) is 15.3. The molecule has 12 rings (SSSR count). The van der Waals surface area contributed by atoms with E-state index in [9.17, 15) is 0 Å². The van der Waals surface area contributed by atoms with Gasteiger partial charge in [0.05, 0.1) is 0 Å². The first-order valence-electron chi connectivity index (χ1n) is 24.4. The molecule has 0 saturated heterocycles. The Labute approximate surface area is 366 Å². The van der Waals surface area contributed by atoms with Crippen LogP contribution in [0.25, 0.3) is 5.57 Å². The summed E-state index contributed by atoms with van der Waals surface area (Å²) in [5.41, 5.74) is 15.3. The zero-order chi connectivity index (χ0) is 40.7. The van der Waals surface area contributed by atoms with Gasteiger partial charge in [-0.05, 0) is 147 Å². The molecule has 1 aliphatic heterocycles. The smallest absolute Gasteiger partial charge is 0.0455 e. The van der Waals surface area contributed by atoms with Crippen molar-refractivity contribution < 1.29 is 0 Å². The van der Waals surface area contributed by atoms with Crippen molar-refractivity contribution in [3.63, 3.8) is 0 Å². The summed E-state index contributed by atoms with van der Waals surface area (Å²) in [7, 11) is 0. The normalized spacial score (nSPS) is 35.1. The Kier molecular flexibility index (Phi) is 9.54. The summed E-state index contributed by atoms with van der Waals surface area (Å²) in [6, 6.07) is 20.7. The van der Waals surface area contributed by atoms with Crippen molar-refractivity contribution in [2.45, 2.75) is 121 Å². The molecule has 2 aromatic carbocycles. The second-order valence-corrected chi connectivity index (χ2v) is 20.8. The van der Waals surface area contributed by atoms with E-state index in [0.717, 1.165) is 24.7 Å². The molecule has 2 fully saturated rings. The van der Waals surface area contributed by atoms with E-state index in [4.69, 9.17) is 0 Å². The molecule has 0 radical (unpaired) electrons. The summed E-state index contributed by atoms with van der Waals surface area (Å²) >= 11 is 0. The number of fused-ring (bicyclic) bond motifs is 8. The van der Waals surface area contributed by atoms with Crippen LogP contribution in [0.5, 0.6) is 0 Å². The molecule has 9 aliphatic carbocycles. The van der Waals surface area contributed by atoms with Gasteiger partial charge in [-0.1, -0.05) is 158 Å². The van der Waals surface area contributed by atoms with Gasteiger partial charge in [-0.15, -0.1) is 0 Å². The van der Waals surface area contributed by atoms with Gasteiger partial charge in [0, 0.05) is 52.8 Å². The third-order valence-electron chi connectivity index (χ3n) is 17.4. The highest BCUT2D eigenvalue weighted by atomic mass is 15.2. The summed E-state index contributed by atoms with van der Waals surface area (Å²) in [5.74, 6) is 3.86. The molecule has 2 nitrogen and oxygen atoms in total. The number of benzene rings is 2. The molecule has 61 heavy (non-hydrogen) atoms. The first kappa shape index (κ1) is 38.0. The minimum atomic E-state index is 0.160. The Morgan fingerprint density at radius 3 is 2.51 bits per heavy atom. The van der Waals surface area contributed by atoms with Crippen LogP contribution in [0.15, 0.2) is 174 Å². The molecular formula is C59H64N2. The van der Waals surface area contributed by atoms with E-state index in [1.165, 1.54) is 97.9 Å². The maximum Gasteiger partial charge on any atom is 0.0455 e. The van der Waals surface area contributed by atoms with E-state index in [0.29, 0.717) is 47.8 Å². The van der Waals surface area contributed by atoms with Crippen LogP contribution in [0.1, 0.15) is 108 Å². The summed E-state index contributed by atoms with van der Waals surface area (Å²) in [5, 5.41) is 0. The number of para-hydroxylation sites is 1. The minimum absolute atomic E-state index is 0.160. The first-order valence-corrected chi connectivity index (χ1v) is 24.4. The number of anilines is 2. The van der Waals surface area contributed by atoms with Crippen molar-refractivity contribution in [3.05, 3.63) is 185 Å². The van der Waals surface area contributed by atoms with Crippen molar-refractivity contribution in [2.75, 3.05) is 4.90 Å². The Morgan fingerprint density at radius 2 is 1.61 bits per heavy atom. The number of nitrogens with zero attached hydrogens (tertiary/aromatic N) is 2. The van der Waals surface area contributed by atoms with Crippen molar-refractivity contribution in [3.8, 4) is 0 Å². The predicted octanol–water partition coefficient (Wildman–Crippen LogP) is 14.4. The van der Waals surface area contributed by atoms with Crippen LogP contribution in [0.3, 0.4) is 0 Å². The number of hydrogen-bond acceptors (Lipinski definition) is 2. The lowest BCUT2D eigenvalue weighted by atomic mass is 9.72. The fourth-order valence-corrected chi connectivity index (χ4v) is 14.4. The Hall–Kier alpha value is -4.66. The minimum Gasteiger partial charge on any atom is -0.337 e. The van der Waals surface area contributed by atoms with Crippen LogP contribution in [0.2, 0.25) is 0 Å².